The fourth-order valence-corrected chi connectivity index (χ4v) is 3.62. The Morgan fingerprint density at radius 3 is 1.88 bits per heavy atom. The minimum Gasteiger partial charge on any atom is -0.468 e. The van der Waals surface area contributed by atoms with Crippen LogP contribution in [0.5, 0.6) is 0 Å². The molecule has 0 saturated carbocycles. The molecular weight excluding hydrogens is 330 g/mol. The molecule has 5 nitrogen and oxygen atoms in total. The van der Waals surface area contributed by atoms with Crippen LogP contribution < -0.4 is 0 Å². The second kappa shape index (κ2) is 6.75. The minimum atomic E-state index is -1.60. The van der Waals surface area contributed by atoms with E-state index in [4.69, 9.17) is 14.5 Å². The first-order chi connectivity index (χ1) is 12.5. The average Bonchev–Trinajstić information content (AvgIpc) is 3.04. The van der Waals surface area contributed by atoms with Crippen LogP contribution in [-0.4, -0.2) is 31.9 Å². The van der Waals surface area contributed by atoms with E-state index in [2.05, 4.69) is 0 Å². The van der Waals surface area contributed by atoms with Gasteiger partial charge in [0.2, 0.25) is 5.41 Å². The van der Waals surface area contributed by atoms with Gasteiger partial charge < -0.3 is 9.47 Å². The molecule has 0 saturated heterocycles. The van der Waals surface area contributed by atoms with Crippen LogP contribution in [0.3, 0.4) is 0 Å². The highest BCUT2D eigenvalue weighted by Gasteiger charge is 2.61. The molecule has 1 unspecified atom stereocenters. The molecule has 3 rings (SSSR count). The van der Waals surface area contributed by atoms with Gasteiger partial charge in [0.1, 0.15) is 0 Å². The van der Waals surface area contributed by atoms with E-state index in [0.29, 0.717) is 11.3 Å². The molecule has 1 heterocycles. The molecule has 1 aliphatic heterocycles. The standard InChI is InChI=1S/C21H21NO4/c1-20(16-12-8-5-9-13-16)14-21(18(23)25-2,19(24)26-3)17(22-20)15-10-6-4-7-11-15/h4-13H,14H2,1-3H3. The van der Waals surface area contributed by atoms with Gasteiger partial charge in [-0.1, -0.05) is 60.7 Å². The number of carbonyl (C=O) groups excluding carboxylic acids is 2. The van der Waals surface area contributed by atoms with Crippen LogP contribution in [0.2, 0.25) is 0 Å². The fourth-order valence-electron chi connectivity index (χ4n) is 3.62. The molecule has 26 heavy (non-hydrogen) atoms. The van der Waals surface area contributed by atoms with Crippen molar-refractivity contribution in [3.8, 4) is 0 Å². The van der Waals surface area contributed by atoms with Crippen molar-refractivity contribution in [3.05, 3.63) is 71.8 Å². The van der Waals surface area contributed by atoms with Crippen molar-refractivity contribution in [2.24, 2.45) is 10.4 Å². The molecule has 134 valence electrons. The summed E-state index contributed by atoms with van der Waals surface area (Å²) in [6.07, 6.45) is 0.146. The predicted octanol–water partition coefficient (Wildman–Crippen LogP) is 3.13. The largest absolute Gasteiger partial charge is 0.468 e. The Labute approximate surface area is 152 Å². The first-order valence-electron chi connectivity index (χ1n) is 8.36. The summed E-state index contributed by atoms with van der Waals surface area (Å²) in [7, 11) is 2.54. The zero-order valence-corrected chi connectivity index (χ0v) is 15.1. The van der Waals surface area contributed by atoms with Gasteiger partial charge in [-0.05, 0) is 18.1 Å². The first kappa shape index (κ1) is 17.9. The van der Waals surface area contributed by atoms with Crippen LogP contribution >= 0.6 is 0 Å². The number of nitrogens with zero attached hydrogens (tertiary/aromatic N) is 1. The Morgan fingerprint density at radius 1 is 0.885 bits per heavy atom. The van der Waals surface area contributed by atoms with Crippen LogP contribution in [0.25, 0.3) is 0 Å². The molecule has 0 fully saturated rings. The second-order valence-corrected chi connectivity index (χ2v) is 6.53. The summed E-state index contributed by atoms with van der Waals surface area (Å²) >= 11 is 0. The van der Waals surface area contributed by atoms with Crippen molar-refractivity contribution in [2.45, 2.75) is 18.9 Å². The molecule has 2 aromatic rings. The maximum absolute atomic E-state index is 12.8. The number of ether oxygens (including phenoxy) is 2. The summed E-state index contributed by atoms with van der Waals surface area (Å²) in [6, 6.07) is 18.8. The Morgan fingerprint density at radius 2 is 1.38 bits per heavy atom. The molecule has 1 aliphatic rings. The summed E-state index contributed by atoms with van der Waals surface area (Å²) in [5, 5.41) is 0. The number of benzene rings is 2. The maximum atomic E-state index is 12.8. The smallest absolute Gasteiger partial charge is 0.329 e. The Balaban J connectivity index is 2.25. The van der Waals surface area contributed by atoms with Gasteiger partial charge in [0.15, 0.2) is 0 Å². The number of hydrogen-bond acceptors (Lipinski definition) is 5. The van der Waals surface area contributed by atoms with Crippen LogP contribution in [0.15, 0.2) is 65.7 Å². The molecule has 5 heteroatoms. The molecular formula is C21H21NO4. The lowest BCUT2D eigenvalue weighted by Crippen LogP contribution is -2.47. The van der Waals surface area contributed by atoms with Crippen LogP contribution in [-0.2, 0) is 24.6 Å². The average molecular weight is 351 g/mol. The Kier molecular flexibility index (Phi) is 4.64. The highest BCUT2D eigenvalue weighted by atomic mass is 16.5. The maximum Gasteiger partial charge on any atom is 0.329 e. The molecule has 0 aromatic heterocycles. The minimum absolute atomic E-state index is 0.146. The van der Waals surface area contributed by atoms with Gasteiger partial charge in [0.05, 0.1) is 25.5 Å². The summed E-state index contributed by atoms with van der Waals surface area (Å²) in [5.74, 6) is -1.32. The molecule has 0 spiro atoms. The topological polar surface area (TPSA) is 65.0 Å². The van der Waals surface area contributed by atoms with E-state index in [1.807, 2.05) is 67.6 Å². The van der Waals surface area contributed by atoms with Gasteiger partial charge in [0.25, 0.3) is 0 Å². The summed E-state index contributed by atoms with van der Waals surface area (Å²) in [6.45, 7) is 1.92. The van der Waals surface area contributed by atoms with Crippen molar-refractivity contribution in [1.82, 2.24) is 0 Å². The van der Waals surface area contributed by atoms with Gasteiger partial charge in [-0.2, -0.15) is 0 Å². The molecule has 0 bridgehead atoms. The van der Waals surface area contributed by atoms with E-state index in [9.17, 15) is 9.59 Å². The third kappa shape index (κ3) is 2.69. The van der Waals surface area contributed by atoms with E-state index in [-0.39, 0.29) is 6.42 Å². The van der Waals surface area contributed by atoms with E-state index in [1.54, 1.807) is 0 Å². The van der Waals surface area contributed by atoms with Crippen LogP contribution in [0.4, 0.5) is 0 Å². The number of methoxy groups -OCH3 is 2. The first-order valence-corrected chi connectivity index (χ1v) is 8.36. The fraction of sp³-hybridized carbons (Fsp3) is 0.286. The highest BCUT2D eigenvalue weighted by molar-refractivity contribution is 6.28. The number of hydrogen-bond donors (Lipinski definition) is 0. The molecule has 0 radical (unpaired) electrons. The van der Waals surface area contributed by atoms with E-state index < -0.39 is 22.9 Å². The van der Waals surface area contributed by atoms with Gasteiger partial charge in [-0.3, -0.25) is 14.6 Å². The monoisotopic (exact) mass is 351 g/mol. The van der Waals surface area contributed by atoms with Gasteiger partial charge in [-0.15, -0.1) is 0 Å². The van der Waals surface area contributed by atoms with Crippen LogP contribution in [0.1, 0.15) is 24.5 Å². The molecule has 0 amide bonds. The van der Waals surface area contributed by atoms with Crippen molar-refractivity contribution >= 4 is 17.7 Å². The van der Waals surface area contributed by atoms with E-state index in [1.165, 1.54) is 14.2 Å². The Bertz CT molecular complexity index is 829. The van der Waals surface area contributed by atoms with Crippen molar-refractivity contribution in [2.75, 3.05) is 14.2 Å². The number of aliphatic imine (C=N–C) groups is 1. The highest BCUT2D eigenvalue weighted by Crippen LogP contribution is 2.48. The normalized spacial score (nSPS) is 21.0. The van der Waals surface area contributed by atoms with Gasteiger partial charge in [-0.25, -0.2) is 0 Å². The van der Waals surface area contributed by atoms with Crippen molar-refractivity contribution in [1.29, 1.82) is 0 Å². The van der Waals surface area contributed by atoms with Crippen molar-refractivity contribution < 1.29 is 19.1 Å². The predicted molar refractivity (Wildman–Crippen MR) is 97.9 cm³/mol. The summed E-state index contributed by atoms with van der Waals surface area (Å²) in [4.78, 5) is 30.5. The molecule has 0 aliphatic carbocycles. The quantitative estimate of drug-likeness (QED) is 0.627. The third-order valence-corrected chi connectivity index (χ3v) is 4.88. The number of rotatable bonds is 4. The lowest BCUT2D eigenvalue weighted by atomic mass is 9.73. The van der Waals surface area contributed by atoms with Crippen LogP contribution in [0, 0.1) is 5.41 Å². The number of carbonyl (C=O) groups is 2. The number of esters is 2. The molecule has 0 N–H and O–H groups in total. The second-order valence-electron chi connectivity index (χ2n) is 6.53. The SMILES string of the molecule is COC(=O)C1(C(=O)OC)CC(C)(c2ccccc2)N=C1c1ccccc1. The molecule has 1 atom stereocenters. The van der Waals surface area contributed by atoms with E-state index in [0.717, 1.165) is 5.56 Å². The molecule has 2 aromatic carbocycles. The third-order valence-electron chi connectivity index (χ3n) is 4.88. The lowest BCUT2D eigenvalue weighted by Gasteiger charge is -2.28. The zero-order valence-electron chi connectivity index (χ0n) is 15.1. The van der Waals surface area contributed by atoms with E-state index >= 15 is 0 Å². The zero-order chi connectivity index (χ0) is 18.8. The van der Waals surface area contributed by atoms with Crippen molar-refractivity contribution in [3.63, 3.8) is 0 Å². The summed E-state index contributed by atoms with van der Waals surface area (Å²) in [5.41, 5.74) is -0.362. The lowest BCUT2D eigenvalue weighted by molar-refractivity contribution is -0.163. The summed E-state index contributed by atoms with van der Waals surface area (Å²) < 4.78 is 10.0. The van der Waals surface area contributed by atoms with Gasteiger partial charge in [0, 0.05) is 6.42 Å². The van der Waals surface area contributed by atoms with Gasteiger partial charge >= 0.3 is 11.9 Å². The Hall–Kier alpha value is -2.95.